The van der Waals surface area contributed by atoms with Gasteiger partial charge in [0.15, 0.2) is 0 Å². The summed E-state index contributed by atoms with van der Waals surface area (Å²) >= 11 is 0. The number of hydrogen-bond acceptors (Lipinski definition) is 3. The first-order chi connectivity index (χ1) is 11.8. The second-order valence-electron chi connectivity index (χ2n) is 6.96. The Morgan fingerprint density at radius 1 is 1.16 bits per heavy atom. The maximum Gasteiger partial charge on any atom is 0.243 e. The summed E-state index contributed by atoms with van der Waals surface area (Å²) in [6, 6.07) is 5.84. The Balaban J connectivity index is 2.34. The van der Waals surface area contributed by atoms with Gasteiger partial charge in [0.05, 0.1) is 11.9 Å². The van der Waals surface area contributed by atoms with Crippen LogP contribution in [0.3, 0.4) is 0 Å². The number of rotatable bonds is 6. The summed E-state index contributed by atoms with van der Waals surface area (Å²) in [5.74, 6) is 0.521. The molecule has 1 aromatic rings. The van der Waals surface area contributed by atoms with Gasteiger partial charge in [-0.2, -0.15) is 0 Å². The highest BCUT2D eigenvalue weighted by Gasteiger charge is 2.28. The molecular weight excluding hydrogens is 336 g/mol. The van der Waals surface area contributed by atoms with Gasteiger partial charge in [-0.15, -0.1) is 0 Å². The minimum atomic E-state index is -3.54. The molecule has 0 N–H and O–H groups in total. The van der Waals surface area contributed by atoms with Crippen molar-refractivity contribution in [2.24, 2.45) is 5.92 Å². The van der Waals surface area contributed by atoms with Gasteiger partial charge in [0.2, 0.25) is 15.9 Å². The molecular formula is C19H30N2O3S. The number of carbonyl (C=O) groups is 1. The van der Waals surface area contributed by atoms with E-state index in [0.717, 1.165) is 36.8 Å². The van der Waals surface area contributed by atoms with Crippen molar-refractivity contribution in [1.29, 1.82) is 0 Å². The molecule has 0 aliphatic carbocycles. The molecule has 1 heterocycles. The molecule has 1 fully saturated rings. The second-order valence-corrected chi connectivity index (χ2v) is 8.87. The molecule has 0 radical (unpaired) electrons. The number of piperidine rings is 1. The fraction of sp³-hybridized carbons (Fsp3) is 0.632. The lowest BCUT2D eigenvalue weighted by atomic mass is 9.99. The van der Waals surface area contributed by atoms with E-state index in [4.69, 9.17) is 0 Å². The minimum absolute atomic E-state index is 0.106. The van der Waals surface area contributed by atoms with Crippen molar-refractivity contribution in [1.82, 2.24) is 4.90 Å². The quantitative estimate of drug-likeness (QED) is 0.778. The van der Waals surface area contributed by atoms with Crippen molar-refractivity contribution < 1.29 is 13.2 Å². The van der Waals surface area contributed by atoms with Gasteiger partial charge in [-0.05, 0) is 42.7 Å². The highest BCUT2D eigenvalue weighted by atomic mass is 32.2. The second kappa shape index (κ2) is 8.21. The van der Waals surface area contributed by atoms with Crippen LogP contribution in [0.2, 0.25) is 0 Å². The van der Waals surface area contributed by atoms with Gasteiger partial charge in [-0.3, -0.25) is 9.10 Å². The first kappa shape index (κ1) is 19.8. The predicted molar refractivity (Wildman–Crippen MR) is 102 cm³/mol. The van der Waals surface area contributed by atoms with Crippen LogP contribution in [0.4, 0.5) is 5.69 Å². The van der Waals surface area contributed by atoms with E-state index in [1.54, 1.807) is 4.90 Å². The molecule has 1 aliphatic rings. The summed E-state index contributed by atoms with van der Waals surface area (Å²) in [5.41, 5.74) is 2.61. The van der Waals surface area contributed by atoms with Gasteiger partial charge in [-0.25, -0.2) is 8.42 Å². The topological polar surface area (TPSA) is 57.7 Å². The molecule has 140 valence electrons. The summed E-state index contributed by atoms with van der Waals surface area (Å²) in [6.07, 6.45) is 4.60. The van der Waals surface area contributed by atoms with Gasteiger partial charge in [0.1, 0.15) is 6.54 Å². The third-order valence-corrected chi connectivity index (χ3v) is 6.14. The fourth-order valence-corrected chi connectivity index (χ4v) is 4.29. The van der Waals surface area contributed by atoms with Crippen LogP contribution in [0, 0.1) is 5.92 Å². The Bertz CT molecular complexity index is 685. The van der Waals surface area contributed by atoms with Crippen LogP contribution in [-0.2, 0) is 27.7 Å². The zero-order chi connectivity index (χ0) is 18.6. The molecule has 1 aromatic carbocycles. The Hall–Kier alpha value is -1.56. The zero-order valence-corrected chi connectivity index (χ0v) is 16.6. The van der Waals surface area contributed by atoms with Crippen LogP contribution in [0.25, 0.3) is 0 Å². The molecule has 1 amide bonds. The third-order valence-electron chi connectivity index (χ3n) is 5.03. The van der Waals surface area contributed by atoms with Gasteiger partial charge >= 0.3 is 0 Å². The van der Waals surface area contributed by atoms with E-state index in [-0.39, 0.29) is 12.5 Å². The van der Waals surface area contributed by atoms with Crippen LogP contribution >= 0.6 is 0 Å². The van der Waals surface area contributed by atoms with Crippen LogP contribution in [0.1, 0.15) is 44.7 Å². The standard InChI is InChI=1S/C19H30N2O3S/c1-5-16-8-7-9-17(6-2)19(16)21(25(4,23)24)14-18(22)20-12-10-15(3)11-13-20/h7-9,15H,5-6,10-14H2,1-4H3. The molecule has 0 bridgehead atoms. The highest BCUT2D eigenvalue weighted by Crippen LogP contribution is 2.29. The summed E-state index contributed by atoms with van der Waals surface area (Å²) in [7, 11) is -3.54. The van der Waals surface area contributed by atoms with Crippen molar-refractivity contribution in [3.63, 3.8) is 0 Å². The maximum atomic E-state index is 12.8. The Morgan fingerprint density at radius 3 is 2.12 bits per heavy atom. The third kappa shape index (κ3) is 4.75. The smallest absolute Gasteiger partial charge is 0.243 e. The molecule has 0 saturated carbocycles. The average molecular weight is 367 g/mol. The number of benzene rings is 1. The molecule has 0 aromatic heterocycles. The molecule has 25 heavy (non-hydrogen) atoms. The average Bonchev–Trinajstić information content (AvgIpc) is 2.58. The zero-order valence-electron chi connectivity index (χ0n) is 15.8. The van der Waals surface area contributed by atoms with Crippen molar-refractivity contribution in [2.45, 2.75) is 46.5 Å². The maximum absolute atomic E-state index is 12.8. The van der Waals surface area contributed by atoms with Crippen molar-refractivity contribution in [2.75, 3.05) is 30.2 Å². The van der Waals surface area contributed by atoms with Crippen molar-refractivity contribution in [3.05, 3.63) is 29.3 Å². The molecule has 2 rings (SSSR count). The summed E-state index contributed by atoms with van der Waals surface area (Å²) in [6.45, 7) is 7.52. The van der Waals surface area contributed by atoms with Crippen LogP contribution in [-0.4, -0.2) is 45.1 Å². The lowest BCUT2D eigenvalue weighted by molar-refractivity contribution is -0.130. The molecule has 0 spiro atoms. The van der Waals surface area contributed by atoms with E-state index in [1.807, 2.05) is 32.0 Å². The van der Waals surface area contributed by atoms with E-state index in [9.17, 15) is 13.2 Å². The van der Waals surface area contributed by atoms with Crippen LogP contribution in [0.15, 0.2) is 18.2 Å². The number of aryl methyl sites for hydroxylation is 2. The lowest BCUT2D eigenvalue weighted by Gasteiger charge is -2.33. The number of carbonyl (C=O) groups excluding carboxylic acids is 1. The van der Waals surface area contributed by atoms with E-state index < -0.39 is 10.0 Å². The Labute approximate surface area is 152 Å². The number of hydrogen-bond donors (Lipinski definition) is 0. The summed E-state index contributed by atoms with van der Waals surface area (Å²) in [4.78, 5) is 14.6. The first-order valence-electron chi connectivity index (χ1n) is 9.14. The van der Waals surface area contributed by atoms with Gasteiger partial charge in [0, 0.05) is 13.1 Å². The van der Waals surface area contributed by atoms with E-state index in [1.165, 1.54) is 10.6 Å². The molecule has 0 unspecified atom stereocenters. The number of nitrogens with zero attached hydrogens (tertiary/aromatic N) is 2. The first-order valence-corrected chi connectivity index (χ1v) is 11.0. The molecule has 6 heteroatoms. The molecule has 1 saturated heterocycles. The molecule has 1 aliphatic heterocycles. The van der Waals surface area contributed by atoms with Crippen LogP contribution in [0.5, 0.6) is 0 Å². The number of sulfonamides is 1. The summed E-state index contributed by atoms with van der Waals surface area (Å²) < 4.78 is 26.3. The normalized spacial score (nSPS) is 16.1. The van der Waals surface area contributed by atoms with E-state index >= 15 is 0 Å². The van der Waals surface area contributed by atoms with Gasteiger partial charge in [-0.1, -0.05) is 39.0 Å². The fourth-order valence-electron chi connectivity index (χ4n) is 3.38. The predicted octanol–water partition coefficient (Wildman–Crippen LogP) is 2.84. The minimum Gasteiger partial charge on any atom is -0.341 e. The number of anilines is 1. The number of amides is 1. The monoisotopic (exact) mass is 366 g/mol. The van der Waals surface area contributed by atoms with Gasteiger partial charge < -0.3 is 4.90 Å². The van der Waals surface area contributed by atoms with Crippen molar-refractivity contribution >= 4 is 21.6 Å². The summed E-state index contributed by atoms with van der Waals surface area (Å²) in [5, 5.41) is 0. The number of para-hydroxylation sites is 1. The van der Waals surface area contributed by atoms with E-state index in [0.29, 0.717) is 24.7 Å². The molecule has 5 nitrogen and oxygen atoms in total. The largest absolute Gasteiger partial charge is 0.341 e. The SMILES string of the molecule is CCc1cccc(CC)c1N(CC(=O)N1CCC(C)CC1)S(C)(=O)=O. The van der Waals surface area contributed by atoms with E-state index in [2.05, 4.69) is 6.92 Å². The molecule has 0 atom stereocenters. The van der Waals surface area contributed by atoms with Crippen LogP contribution < -0.4 is 4.31 Å². The van der Waals surface area contributed by atoms with Crippen molar-refractivity contribution in [3.8, 4) is 0 Å². The van der Waals surface area contributed by atoms with Gasteiger partial charge in [0.25, 0.3) is 0 Å². The lowest BCUT2D eigenvalue weighted by Crippen LogP contribution is -2.46. The highest BCUT2D eigenvalue weighted by molar-refractivity contribution is 7.92. The number of likely N-dealkylation sites (tertiary alicyclic amines) is 1. The Morgan fingerprint density at radius 2 is 1.68 bits per heavy atom. The Kier molecular flexibility index (Phi) is 6.49.